The van der Waals surface area contributed by atoms with Gasteiger partial charge in [0.2, 0.25) is 5.91 Å². The summed E-state index contributed by atoms with van der Waals surface area (Å²) in [5.74, 6) is 1.18. The Hall–Kier alpha value is -3.47. The Kier molecular flexibility index (Phi) is 6.74. The second-order valence-electron chi connectivity index (χ2n) is 6.57. The summed E-state index contributed by atoms with van der Waals surface area (Å²) in [4.78, 5) is 12.8. The Morgan fingerprint density at radius 2 is 1.69 bits per heavy atom. The molecule has 0 unspecified atom stereocenters. The number of hydrogen-bond donors (Lipinski definition) is 2. The molecule has 2 N–H and O–H groups in total. The van der Waals surface area contributed by atoms with Gasteiger partial charge in [0.15, 0.2) is 11.5 Å². The molecule has 0 radical (unpaired) electrons. The minimum atomic E-state index is -0.443. The quantitative estimate of drug-likeness (QED) is 0.555. The van der Waals surface area contributed by atoms with Gasteiger partial charge in [-0.3, -0.25) is 4.79 Å². The van der Waals surface area contributed by atoms with Crippen molar-refractivity contribution in [3.63, 3.8) is 0 Å². The first-order valence-corrected chi connectivity index (χ1v) is 9.65. The number of ether oxygens (including phenoxy) is 2. The molecule has 0 aromatic heterocycles. The minimum Gasteiger partial charge on any atom is -0.493 e. The maximum Gasteiger partial charge on any atom is 0.246 e. The van der Waals surface area contributed by atoms with Gasteiger partial charge in [-0.05, 0) is 37.6 Å². The third-order valence-electron chi connectivity index (χ3n) is 4.51. The predicted molar refractivity (Wildman–Crippen MR) is 118 cm³/mol. The topological polar surface area (TPSA) is 59.6 Å². The first-order chi connectivity index (χ1) is 14.1. The van der Waals surface area contributed by atoms with Crippen LogP contribution in [0.1, 0.15) is 13.8 Å². The largest absolute Gasteiger partial charge is 0.493 e. The maximum atomic E-state index is 12.8. The second-order valence-corrected chi connectivity index (χ2v) is 6.57. The van der Waals surface area contributed by atoms with Crippen LogP contribution in [-0.2, 0) is 4.79 Å². The zero-order valence-corrected chi connectivity index (χ0v) is 16.9. The maximum absolute atomic E-state index is 12.8. The van der Waals surface area contributed by atoms with Crippen molar-refractivity contribution in [2.45, 2.75) is 19.9 Å². The van der Waals surface area contributed by atoms with E-state index in [4.69, 9.17) is 9.47 Å². The van der Waals surface area contributed by atoms with Crippen molar-refractivity contribution < 1.29 is 14.3 Å². The lowest BCUT2D eigenvalue weighted by atomic mass is 10.0. The Balaban J connectivity index is 1.72. The Morgan fingerprint density at radius 1 is 0.966 bits per heavy atom. The van der Waals surface area contributed by atoms with E-state index in [1.807, 2.05) is 86.6 Å². The average Bonchev–Trinajstić information content (AvgIpc) is 2.76. The van der Waals surface area contributed by atoms with Crippen molar-refractivity contribution in [2.75, 3.05) is 24.4 Å². The van der Waals surface area contributed by atoms with Crippen molar-refractivity contribution in [1.29, 1.82) is 0 Å². The predicted octanol–water partition coefficient (Wildman–Crippen LogP) is 5.20. The molecule has 3 aromatic rings. The molecule has 3 rings (SSSR count). The van der Waals surface area contributed by atoms with Crippen molar-refractivity contribution in [2.24, 2.45) is 0 Å². The third kappa shape index (κ3) is 5.08. The summed E-state index contributed by atoms with van der Waals surface area (Å²) in [6.07, 6.45) is 0. The number of carbonyl (C=O) groups is 1. The molecule has 0 aliphatic rings. The van der Waals surface area contributed by atoms with E-state index in [1.54, 1.807) is 7.11 Å². The molecule has 0 fully saturated rings. The summed E-state index contributed by atoms with van der Waals surface area (Å²) in [5.41, 5.74) is 3.60. The van der Waals surface area contributed by atoms with Crippen LogP contribution in [0.25, 0.3) is 11.1 Å². The van der Waals surface area contributed by atoms with E-state index in [0.29, 0.717) is 18.1 Å². The standard InChI is InChI=1S/C24H26N2O3/c1-4-29-22-15-14-19(16-23(22)28-3)25-17(2)24(27)26-21-13-9-8-12-20(21)18-10-6-5-7-11-18/h5-17,25H,4H2,1-3H3,(H,26,27)/t17-/m0/s1. The molecule has 0 spiro atoms. The lowest BCUT2D eigenvalue weighted by molar-refractivity contribution is -0.116. The van der Waals surface area contributed by atoms with Gasteiger partial charge in [0.05, 0.1) is 13.7 Å². The van der Waals surface area contributed by atoms with Crippen molar-refractivity contribution >= 4 is 17.3 Å². The lowest BCUT2D eigenvalue weighted by Crippen LogP contribution is -2.32. The van der Waals surface area contributed by atoms with Gasteiger partial charge >= 0.3 is 0 Å². The molecule has 5 nitrogen and oxygen atoms in total. The highest BCUT2D eigenvalue weighted by Gasteiger charge is 2.16. The van der Waals surface area contributed by atoms with Crippen molar-refractivity contribution in [1.82, 2.24) is 0 Å². The molecule has 3 aromatic carbocycles. The molecular formula is C24H26N2O3. The summed E-state index contributed by atoms with van der Waals surface area (Å²) >= 11 is 0. The second kappa shape index (κ2) is 9.64. The third-order valence-corrected chi connectivity index (χ3v) is 4.51. The van der Waals surface area contributed by atoms with Crippen LogP contribution in [0.15, 0.2) is 72.8 Å². The number of benzene rings is 3. The minimum absolute atomic E-state index is 0.124. The van der Waals surface area contributed by atoms with Gasteiger partial charge in [0, 0.05) is 23.0 Å². The highest BCUT2D eigenvalue weighted by molar-refractivity contribution is 5.99. The summed E-state index contributed by atoms with van der Waals surface area (Å²) < 4.78 is 10.9. The molecule has 1 amide bonds. The van der Waals surface area contributed by atoms with Gasteiger partial charge in [-0.1, -0.05) is 48.5 Å². The summed E-state index contributed by atoms with van der Waals surface area (Å²) in [5, 5.41) is 6.25. The fraction of sp³-hybridized carbons (Fsp3) is 0.208. The van der Waals surface area contributed by atoms with E-state index >= 15 is 0 Å². The monoisotopic (exact) mass is 390 g/mol. The fourth-order valence-electron chi connectivity index (χ4n) is 3.05. The summed E-state index contributed by atoms with van der Waals surface area (Å²) in [6, 6.07) is 22.9. The number of amides is 1. The van der Waals surface area contributed by atoms with Gasteiger partial charge in [-0.25, -0.2) is 0 Å². The van der Waals surface area contributed by atoms with Crippen LogP contribution in [0.5, 0.6) is 11.5 Å². The Morgan fingerprint density at radius 3 is 2.41 bits per heavy atom. The van der Waals surface area contributed by atoms with Crippen LogP contribution >= 0.6 is 0 Å². The molecule has 0 saturated heterocycles. The molecule has 0 aliphatic heterocycles. The molecular weight excluding hydrogens is 364 g/mol. The zero-order chi connectivity index (χ0) is 20.6. The van der Waals surface area contributed by atoms with E-state index in [1.165, 1.54) is 0 Å². The molecule has 0 saturated carbocycles. The van der Waals surface area contributed by atoms with Crippen LogP contribution in [0, 0.1) is 0 Å². The smallest absolute Gasteiger partial charge is 0.246 e. The van der Waals surface area contributed by atoms with E-state index in [9.17, 15) is 4.79 Å². The Bertz CT molecular complexity index is 957. The van der Waals surface area contributed by atoms with Crippen LogP contribution in [0.3, 0.4) is 0 Å². The van der Waals surface area contributed by atoms with Gasteiger partial charge in [0.1, 0.15) is 6.04 Å². The van der Waals surface area contributed by atoms with E-state index < -0.39 is 6.04 Å². The van der Waals surface area contributed by atoms with Gasteiger partial charge in [0.25, 0.3) is 0 Å². The summed E-state index contributed by atoms with van der Waals surface area (Å²) in [7, 11) is 1.60. The summed E-state index contributed by atoms with van der Waals surface area (Å²) in [6.45, 7) is 4.30. The van der Waals surface area contributed by atoms with Crippen LogP contribution in [0.2, 0.25) is 0 Å². The fourth-order valence-corrected chi connectivity index (χ4v) is 3.05. The Labute approximate surface area is 171 Å². The number of anilines is 2. The molecule has 5 heteroatoms. The SMILES string of the molecule is CCOc1ccc(N[C@@H](C)C(=O)Nc2ccccc2-c2ccccc2)cc1OC. The van der Waals surface area contributed by atoms with E-state index in [0.717, 1.165) is 22.5 Å². The number of rotatable bonds is 8. The molecule has 150 valence electrons. The molecule has 0 heterocycles. The lowest BCUT2D eigenvalue weighted by Gasteiger charge is -2.18. The van der Waals surface area contributed by atoms with Crippen molar-refractivity contribution in [3.8, 4) is 22.6 Å². The number of nitrogens with one attached hydrogen (secondary N) is 2. The first kappa shape index (κ1) is 20.3. The van der Waals surface area contributed by atoms with Crippen LogP contribution in [-0.4, -0.2) is 25.7 Å². The van der Waals surface area contributed by atoms with E-state index in [2.05, 4.69) is 10.6 Å². The molecule has 0 bridgehead atoms. The number of hydrogen-bond acceptors (Lipinski definition) is 4. The van der Waals surface area contributed by atoms with Crippen LogP contribution in [0.4, 0.5) is 11.4 Å². The van der Waals surface area contributed by atoms with Crippen LogP contribution < -0.4 is 20.1 Å². The number of para-hydroxylation sites is 1. The van der Waals surface area contributed by atoms with E-state index in [-0.39, 0.29) is 5.91 Å². The molecule has 0 aliphatic carbocycles. The normalized spacial score (nSPS) is 11.4. The van der Waals surface area contributed by atoms with Gasteiger partial charge in [-0.15, -0.1) is 0 Å². The molecule has 1 atom stereocenters. The number of carbonyl (C=O) groups excluding carboxylic acids is 1. The van der Waals surface area contributed by atoms with Gasteiger partial charge < -0.3 is 20.1 Å². The molecule has 29 heavy (non-hydrogen) atoms. The van der Waals surface area contributed by atoms with Gasteiger partial charge in [-0.2, -0.15) is 0 Å². The highest BCUT2D eigenvalue weighted by Crippen LogP contribution is 2.31. The van der Waals surface area contributed by atoms with Crippen molar-refractivity contribution in [3.05, 3.63) is 72.8 Å². The average molecular weight is 390 g/mol. The first-order valence-electron chi connectivity index (χ1n) is 9.65. The highest BCUT2D eigenvalue weighted by atomic mass is 16.5. The number of methoxy groups -OCH3 is 1. The zero-order valence-electron chi connectivity index (χ0n) is 16.9.